The summed E-state index contributed by atoms with van der Waals surface area (Å²) in [7, 11) is 6.46. The van der Waals surface area contributed by atoms with Gasteiger partial charge in [0.1, 0.15) is 12.1 Å². The van der Waals surface area contributed by atoms with Crippen LogP contribution in [0, 0.1) is 0 Å². The van der Waals surface area contributed by atoms with Gasteiger partial charge in [0, 0.05) is 24.0 Å². The maximum absolute atomic E-state index is 11.2. The highest BCUT2D eigenvalue weighted by molar-refractivity contribution is 5.76. The first-order valence-electron chi connectivity index (χ1n) is 7.69. The number of esters is 2. The fraction of sp³-hybridized carbons (Fsp3) is 0.857. The molecule has 0 aromatic rings. The second-order valence-electron chi connectivity index (χ2n) is 6.05. The zero-order chi connectivity index (χ0) is 18.3. The summed E-state index contributed by atoms with van der Waals surface area (Å²) in [5.74, 6) is -0.446. The number of hydrogen-bond donors (Lipinski definition) is 1. The smallest absolute Gasteiger partial charge is 0.323 e. The first-order valence-corrected chi connectivity index (χ1v) is 7.69. The molecule has 0 saturated carbocycles. The summed E-state index contributed by atoms with van der Waals surface area (Å²) in [5.41, 5.74) is 13.9. The molecule has 0 spiro atoms. The molecule has 10 heteroatoms. The molecule has 2 saturated heterocycles. The first-order chi connectivity index (χ1) is 11.3. The van der Waals surface area contributed by atoms with Crippen LogP contribution in [-0.4, -0.2) is 87.3 Å². The molecule has 0 bridgehead atoms. The van der Waals surface area contributed by atoms with E-state index in [1.165, 1.54) is 14.2 Å². The lowest BCUT2D eigenvalue weighted by Gasteiger charge is -2.15. The van der Waals surface area contributed by atoms with E-state index in [2.05, 4.69) is 19.5 Å². The van der Waals surface area contributed by atoms with Gasteiger partial charge in [0.15, 0.2) is 0 Å². The van der Waals surface area contributed by atoms with Gasteiger partial charge in [-0.15, -0.1) is 0 Å². The Morgan fingerprint density at radius 3 is 2.00 bits per heavy atom. The lowest BCUT2D eigenvalue weighted by Crippen LogP contribution is -2.33. The summed E-state index contributed by atoms with van der Waals surface area (Å²) < 4.78 is 9.23. The van der Waals surface area contributed by atoms with E-state index in [4.69, 9.17) is 11.3 Å². The van der Waals surface area contributed by atoms with Crippen LogP contribution in [0.15, 0.2) is 5.11 Å². The molecule has 0 amide bonds. The van der Waals surface area contributed by atoms with Crippen LogP contribution < -0.4 is 5.73 Å². The Labute approximate surface area is 141 Å². The summed E-state index contributed by atoms with van der Waals surface area (Å²) in [4.78, 5) is 28.7. The largest absolute Gasteiger partial charge is 0.468 e. The van der Waals surface area contributed by atoms with Crippen LogP contribution in [0.3, 0.4) is 0 Å². The minimum absolute atomic E-state index is 0.112. The van der Waals surface area contributed by atoms with E-state index in [9.17, 15) is 9.59 Å². The third-order valence-electron chi connectivity index (χ3n) is 4.27. The molecule has 0 radical (unpaired) electrons. The van der Waals surface area contributed by atoms with Crippen LogP contribution in [0.2, 0.25) is 0 Å². The Morgan fingerprint density at radius 1 is 1.08 bits per heavy atom. The average Bonchev–Trinajstić information content (AvgIpc) is 3.08. The monoisotopic (exact) mass is 342 g/mol. The lowest BCUT2D eigenvalue weighted by atomic mass is 10.2. The van der Waals surface area contributed by atoms with Gasteiger partial charge in [-0.2, -0.15) is 0 Å². The standard InChI is InChI=1S/C7H12N4O2.C7H14N2O2/c1-11-4-5(9-10-8)3-6(11)7(12)13-2;1-9-4-5(8)3-6(9)7(10)11-2/h5-6H,3-4H2,1-2H3;5-6H,3-4,8H2,1-2H3/t2*5-,6-/m00/s1. The fourth-order valence-electron chi connectivity index (χ4n) is 2.99. The van der Waals surface area contributed by atoms with Gasteiger partial charge in [-0.25, -0.2) is 0 Å². The van der Waals surface area contributed by atoms with Crippen molar-refractivity contribution in [2.24, 2.45) is 10.8 Å². The zero-order valence-electron chi connectivity index (χ0n) is 14.6. The Kier molecular flexibility index (Phi) is 7.93. The highest BCUT2D eigenvalue weighted by Crippen LogP contribution is 2.19. The molecule has 2 aliphatic rings. The molecule has 0 aliphatic carbocycles. The maximum atomic E-state index is 11.2. The average molecular weight is 342 g/mol. The van der Waals surface area contributed by atoms with Crippen molar-refractivity contribution in [3.63, 3.8) is 0 Å². The van der Waals surface area contributed by atoms with E-state index >= 15 is 0 Å². The SMILES string of the molecule is COC(=O)[C@@H]1C[C@H](N)CN1C.COC(=O)[C@@H]1C[C@H](N=[N+]=[N-])CN1C. The molecular formula is C14H26N6O4. The third kappa shape index (κ3) is 5.34. The Hall–Kier alpha value is -1.87. The van der Waals surface area contributed by atoms with Crippen LogP contribution in [-0.2, 0) is 19.1 Å². The van der Waals surface area contributed by atoms with E-state index in [-0.39, 0.29) is 36.1 Å². The molecular weight excluding hydrogens is 316 g/mol. The second-order valence-corrected chi connectivity index (χ2v) is 6.05. The van der Waals surface area contributed by atoms with Crippen molar-refractivity contribution in [3.05, 3.63) is 10.4 Å². The number of azide groups is 1. The molecule has 136 valence electrons. The predicted octanol–water partition coefficient (Wildman–Crippen LogP) is -0.267. The van der Waals surface area contributed by atoms with Crippen molar-refractivity contribution in [1.29, 1.82) is 0 Å². The predicted molar refractivity (Wildman–Crippen MR) is 87.0 cm³/mol. The minimum atomic E-state index is -0.266. The molecule has 0 unspecified atom stereocenters. The van der Waals surface area contributed by atoms with Crippen molar-refractivity contribution < 1.29 is 19.1 Å². The maximum Gasteiger partial charge on any atom is 0.323 e. The quantitative estimate of drug-likeness (QED) is 0.323. The topological polar surface area (TPSA) is 134 Å². The molecule has 4 atom stereocenters. The van der Waals surface area contributed by atoms with Crippen LogP contribution in [0.1, 0.15) is 12.8 Å². The van der Waals surface area contributed by atoms with Gasteiger partial charge < -0.3 is 15.2 Å². The van der Waals surface area contributed by atoms with Gasteiger partial charge in [-0.1, -0.05) is 5.11 Å². The van der Waals surface area contributed by atoms with Gasteiger partial charge in [0.05, 0.1) is 20.3 Å². The van der Waals surface area contributed by atoms with Gasteiger partial charge >= 0.3 is 11.9 Å². The molecule has 2 rings (SSSR count). The van der Waals surface area contributed by atoms with E-state index in [1.807, 2.05) is 23.9 Å². The molecule has 10 nitrogen and oxygen atoms in total. The molecule has 2 N–H and O–H groups in total. The number of nitrogens with two attached hydrogens (primary N) is 1. The lowest BCUT2D eigenvalue weighted by molar-refractivity contribution is -0.146. The molecule has 0 aromatic carbocycles. The van der Waals surface area contributed by atoms with Crippen molar-refractivity contribution in [2.45, 2.75) is 37.0 Å². The number of ether oxygens (including phenoxy) is 2. The van der Waals surface area contributed by atoms with E-state index in [1.54, 1.807) is 0 Å². The summed E-state index contributed by atoms with van der Waals surface area (Å²) in [6.07, 6.45) is 1.26. The highest BCUT2D eigenvalue weighted by Gasteiger charge is 2.34. The second kappa shape index (κ2) is 9.43. The molecule has 2 fully saturated rings. The summed E-state index contributed by atoms with van der Waals surface area (Å²) in [6, 6.07) is -0.390. The first kappa shape index (κ1) is 20.2. The molecule has 24 heavy (non-hydrogen) atoms. The Bertz CT molecular complexity index is 496. The van der Waals surface area contributed by atoms with Crippen molar-refractivity contribution >= 4 is 11.9 Å². The Balaban J connectivity index is 0.000000243. The van der Waals surface area contributed by atoms with Crippen LogP contribution >= 0.6 is 0 Å². The zero-order valence-corrected chi connectivity index (χ0v) is 14.6. The molecule has 0 aromatic heterocycles. The van der Waals surface area contributed by atoms with Crippen molar-refractivity contribution in [3.8, 4) is 0 Å². The van der Waals surface area contributed by atoms with Crippen LogP contribution in [0.5, 0.6) is 0 Å². The highest BCUT2D eigenvalue weighted by atomic mass is 16.5. The third-order valence-corrected chi connectivity index (χ3v) is 4.27. The van der Waals surface area contributed by atoms with Gasteiger partial charge in [0.2, 0.25) is 0 Å². The summed E-state index contributed by atoms with van der Waals surface area (Å²) in [6.45, 7) is 1.39. The van der Waals surface area contributed by atoms with Gasteiger partial charge in [-0.3, -0.25) is 19.4 Å². The number of methoxy groups -OCH3 is 2. The van der Waals surface area contributed by atoms with Crippen LogP contribution in [0.25, 0.3) is 10.4 Å². The molecule has 2 aliphatic heterocycles. The fourth-order valence-corrected chi connectivity index (χ4v) is 2.99. The van der Waals surface area contributed by atoms with Gasteiger partial charge in [0.25, 0.3) is 0 Å². The minimum Gasteiger partial charge on any atom is -0.468 e. The van der Waals surface area contributed by atoms with E-state index < -0.39 is 0 Å². The van der Waals surface area contributed by atoms with E-state index in [0.717, 1.165) is 6.54 Å². The Morgan fingerprint density at radius 2 is 1.58 bits per heavy atom. The number of carbonyl (C=O) groups excluding carboxylic acids is 2. The van der Waals surface area contributed by atoms with Crippen LogP contribution in [0.4, 0.5) is 0 Å². The normalized spacial score (nSPS) is 30.0. The number of likely N-dealkylation sites (tertiary alicyclic amines) is 2. The number of carbonyl (C=O) groups is 2. The summed E-state index contributed by atoms with van der Waals surface area (Å²) >= 11 is 0. The van der Waals surface area contributed by atoms with Crippen molar-refractivity contribution in [2.75, 3.05) is 41.4 Å². The van der Waals surface area contributed by atoms with Crippen molar-refractivity contribution in [1.82, 2.24) is 9.80 Å². The molecule has 2 heterocycles. The van der Waals surface area contributed by atoms with E-state index in [0.29, 0.717) is 19.4 Å². The number of likely N-dealkylation sites (N-methyl/N-ethyl adjacent to an activating group) is 2. The van der Waals surface area contributed by atoms with Gasteiger partial charge in [-0.05, 0) is 32.5 Å². The number of hydrogen-bond acceptors (Lipinski definition) is 8. The number of nitrogens with zero attached hydrogens (tertiary/aromatic N) is 5. The summed E-state index contributed by atoms with van der Waals surface area (Å²) in [5, 5.41) is 3.57. The number of rotatable bonds is 3.